The molecule has 0 saturated heterocycles. The molecule has 1 aromatic carbocycles. The van der Waals surface area contributed by atoms with E-state index in [1.165, 1.54) is 5.56 Å². The zero-order chi connectivity index (χ0) is 15.3. The van der Waals surface area contributed by atoms with E-state index in [0.29, 0.717) is 18.2 Å². The lowest BCUT2D eigenvalue weighted by Crippen LogP contribution is -2.30. The summed E-state index contributed by atoms with van der Waals surface area (Å²) in [5.74, 6) is -0.248. The van der Waals surface area contributed by atoms with E-state index in [-0.39, 0.29) is 23.8 Å². The summed E-state index contributed by atoms with van der Waals surface area (Å²) in [5.41, 5.74) is 1.93. The normalized spacial score (nSPS) is 11.4. The van der Waals surface area contributed by atoms with Crippen molar-refractivity contribution in [2.24, 2.45) is 0 Å². The second-order valence-corrected chi connectivity index (χ2v) is 6.54. The summed E-state index contributed by atoms with van der Waals surface area (Å²) in [6.45, 7) is 11.9. The zero-order valence-electron chi connectivity index (χ0n) is 14.0. The van der Waals surface area contributed by atoms with Crippen LogP contribution >= 0.6 is 12.4 Å². The maximum Gasteiger partial charge on any atom is 0.338 e. The largest absolute Gasteiger partial charge is 0.461 e. The first-order chi connectivity index (χ1) is 9.21. The zero-order valence-corrected chi connectivity index (χ0v) is 14.8. The van der Waals surface area contributed by atoms with Crippen LogP contribution in [-0.2, 0) is 10.2 Å². The molecule has 0 unspecified atom stereocenters. The third-order valence-corrected chi connectivity index (χ3v) is 3.55. The standard InChI is InChI=1S/C17H27NO2.ClH/c1-13(2)18(6)11-12-20-16(19)14-7-9-15(10-8-14)17(3,4)5;/h7-10,13H,11-12H2,1-6H3;1H. The first kappa shape index (κ1) is 19.9. The van der Waals surface area contributed by atoms with Crippen molar-refractivity contribution in [3.05, 3.63) is 35.4 Å². The molecule has 1 rings (SSSR count). The molecule has 0 bridgehead atoms. The Labute approximate surface area is 135 Å². The summed E-state index contributed by atoms with van der Waals surface area (Å²) in [6.07, 6.45) is 0. The first-order valence-corrected chi connectivity index (χ1v) is 7.19. The lowest BCUT2D eigenvalue weighted by atomic mass is 9.87. The van der Waals surface area contributed by atoms with Crippen LogP contribution in [0.3, 0.4) is 0 Å². The van der Waals surface area contributed by atoms with E-state index in [4.69, 9.17) is 4.74 Å². The molecule has 1 aromatic rings. The third-order valence-electron chi connectivity index (χ3n) is 3.55. The van der Waals surface area contributed by atoms with Gasteiger partial charge in [0.15, 0.2) is 0 Å². The maximum atomic E-state index is 11.9. The van der Waals surface area contributed by atoms with Crippen LogP contribution in [0.2, 0.25) is 0 Å². The second-order valence-electron chi connectivity index (χ2n) is 6.54. The van der Waals surface area contributed by atoms with Gasteiger partial charge in [-0.3, -0.25) is 0 Å². The molecule has 120 valence electrons. The summed E-state index contributed by atoms with van der Waals surface area (Å²) in [7, 11) is 2.02. The van der Waals surface area contributed by atoms with Crippen LogP contribution in [0, 0.1) is 0 Å². The fourth-order valence-corrected chi connectivity index (χ4v) is 1.73. The van der Waals surface area contributed by atoms with E-state index < -0.39 is 0 Å². The predicted molar refractivity (Wildman–Crippen MR) is 90.4 cm³/mol. The molecule has 21 heavy (non-hydrogen) atoms. The molecule has 0 amide bonds. The van der Waals surface area contributed by atoms with Gasteiger partial charge in [0.25, 0.3) is 0 Å². The lowest BCUT2D eigenvalue weighted by molar-refractivity contribution is 0.0461. The van der Waals surface area contributed by atoms with E-state index in [9.17, 15) is 4.79 Å². The molecular weight excluding hydrogens is 286 g/mol. The summed E-state index contributed by atoms with van der Waals surface area (Å²) < 4.78 is 5.29. The van der Waals surface area contributed by atoms with Crippen LogP contribution in [0.15, 0.2) is 24.3 Å². The van der Waals surface area contributed by atoms with Gasteiger partial charge in [-0.1, -0.05) is 32.9 Å². The Morgan fingerprint density at radius 3 is 2.14 bits per heavy atom. The number of likely N-dealkylation sites (N-methyl/N-ethyl adjacent to an activating group) is 1. The highest BCUT2D eigenvalue weighted by Crippen LogP contribution is 2.22. The topological polar surface area (TPSA) is 29.5 Å². The Bertz CT molecular complexity index is 435. The molecule has 0 heterocycles. The fraction of sp³-hybridized carbons (Fsp3) is 0.588. The average molecular weight is 314 g/mol. The van der Waals surface area contributed by atoms with Gasteiger partial charge in [0, 0.05) is 12.6 Å². The Kier molecular flexibility index (Phi) is 7.98. The molecule has 3 nitrogen and oxygen atoms in total. The molecule has 0 aliphatic heterocycles. The predicted octanol–water partition coefficient (Wildman–Crippen LogP) is 3.90. The van der Waals surface area contributed by atoms with Gasteiger partial charge in [-0.05, 0) is 44.0 Å². The summed E-state index contributed by atoms with van der Waals surface area (Å²) in [5, 5.41) is 0. The van der Waals surface area contributed by atoms with Crippen molar-refractivity contribution in [3.63, 3.8) is 0 Å². The van der Waals surface area contributed by atoms with E-state index >= 15 is 0 Å². The number of nitrogens with zero attached hydrogens (tertiary/aromatic N) is 1. The number of hydrogen-bond acceptors (Lipinski definition) is 3. The van der Waals surface area contributed by atoms with Crippen molar-refractivity contribution in [1.82, 2.24) is 4.90 Å². The molecular formula is C17H28ClNO2. The third kappa shape index (κ3) is 6.49. The molecule has 0 fully saturated rings. The van der Waals surface area contributed by atoms with Gasteiger partial charge in [-0.15, -0.1) is 12.4 Å². The molecule has 4 heteroatoms. The molecule has 0 aliphatic rings. The maximum absolute atomic E-state index is 11.9. The van der Waals surface area contributed by atoms with Gasteiger partial charge in [0.05, 0.1) is 5.56 Å². The van der Waals surface area contributed by atoms with Crippen molar-refractivity contribution in [1.29, 1.82) is 0 Å². The molecule has 0 aromatic heterocycles. The summed E-state index contributed by atoms with van der Waals surface area (Å²) >= 11 is 0. The van der Waals surface area contributed by atoms with E-state index in [2.05, 4.69) is 39.5 Å². The molecule has 0 saturated carbocycles. The SMILES string of the molecule is CC(C)N(C)CCOC(=O)c1ccc(C(C)(C)C)cc1.Cl. The van der Waals surface area contributed by atoms with Crippen molar-refractivity contribution < 1.29 is 9.53 Å². The van der Waals surface area contributed by atoms with Crippen LogP contribution in [0.4, 0.5) is 0 Å². The highest BCUT2D eigenvalue weighted by atomic mass is 35.5. The number of carbonyl (C=O) groups is 1. The first-order valence-electron chi connectivity index (χ1n) is 7.19. The highest BCUT2D eigenvalue weighted by molar-refractivity contribution is 5.89. The number of halogens is 1. The van der Waals surface area contributed by atoms with Crippen LogP contribution in [-0.4, -0.2) is 37.1 Å². The van der Waals surface area contributed by atoms with Crippen LogP contribution < -0.4 is 0 Å². The summed E-state index contributed by atoms with van der Waals surface area (Å²) in [6, 6.07) is 8.14. The Hall–Kier alpha value is -1.06. The van der Waals surface area contributed by atoms with Crippen LogP contribution in [0.5, 0.6) is 0 Å². The minimum Gasteiger partial charge on any atom is -0.461 e. The van der Waals surface area contributed by atoms with E-state index in [1.807, 2.05) is 31.3 Å². The Morgan fingerprint density at radius 2 is 1.71 bits per heavy atom. The minimum atomic E-state index is -0.248. The Balaban J connectivity index is 0.00000400. The van der Waals surface area contributed by atoms with Crippen molar-refractivity contribution in [2.75, 3.05) is 20.2 Å². The molecule has 0 atom stereocenters. The second kappa shape index (κ2) is 8.40. The number of ether oxygens (including phenoxy) is 1. The van der Waals surface area contributed by atoms with Crippen LogP contribution in [0.25, 0.3) is 0 Å². The van der Waals surface area contributed by atoms with Gasteiger partial charge < -0.3 is 9.64 Å². The number of hydrogen-bond donors (Lipinski definition) is 0. The molecule has 0 radical (unpaired) electrons. The van der Waals surface area contributed by atoms with Crippen molar-refractivity contribution in [2.45, 2.75) is 46.1 Å². The molecule has 0 aliphatic carbocycles. The lowest BCUT2D eigenvalue weighted by Gasteiger charge is -2.20. The number of benzene rings is 1. The van der Waals surface area contributed by atoms with Crippen LogP contribution in [0.1, 0.15) is 50.5 Å². The van der Waals surface area contributed by atoms with Crippen molar-refractivity contribution in [3.8, 4) is 0 Å². The number of carbonyl (C=O) groups excluding carboxylic acids is 1. The van der Waals surface area contributed by atoms with Gasteiger partial charge >= 0.3 is 5.97 Å². The van der Waals surface area contributed by atoms with Gasteiger partial charge in [-0.2, -0.15) is 0 Å². The minimum absolute atomic E-state index is 0. The molecule has 0 spiro atoms. The Morgan fingerprint density at radius 1 is 1.19 bits per heavy atom. The number of rotatable bonds is 5. The van der Waals surface area contributed by atoms with Gasteiger partial charge in [-0.25, -0.2) is 4.79 Å². The van der Waals surface area contributed by atoms with Crippen molar-refractivity contribution >= 4 is 18.4 Å². The van der Waals surface area contributed by atoms with E-state index in [0.717, 1.165) is 6.54 Å². The quantitative estimate of drug-likeness (QED) is 0.772. The molecule has 0 N–H and O–H groups in total. The number of esters is 1. The smallest absolute Gasteiger partial charge is 0.338 e. The summed E-state index contributed by atoms with van der Waals surface area (Å²) in [4.78, 5) is 14.1. The van der Waals surface area contributed by atoms with Gasteiger partial charge in [0.2, 0.25) is 0 Å². The average Bonchev–Trinajstić information content (AvgIpc) is 2.37. The monoisotopic (exact) mass is 313 g/mol. The van der Waals surface area contributed by atoms with E-state index in [1.54, 1.807) is 0 Å². The highest BCUT2D eigenvalue weighted by Gasteiger charge is 2.14. The van der Waals surface area contributed by atoms with Gasteiger partial charge in [0.1, 0.15) is 6.61 Å². The fourth-order valence-electron chi connectivity index (χ4n) is 1.73.